The van der Waals surface area contributed by atoms with Crippen LogP contribution in [0.4, 0.5) is 0 Å². The molecule has 100 valence electrons. The number of aliphatic hydroxyl groups is 1. The van der Waals surface area contributed by atoms with Gasteiger partial charge in [0.05, 0.1) is 5.69 Å². The number of aromatic nitrogens is 3. The van der Waals surface area contributed by atoms with Crippen molar-refractivity contribution in [3.63, 3.8) is 0 Å². The van der Waals surface area contributed by atoms with E-state index in [1.165, 1.54) is 0 Å². The first-order chi connectivity index (χ1) is 8.69. The number of hydrogen-bond acceptors (Lipinski definition) is 4. The molecule has 1 saturated heterocycles. The van der Waals surface area contributed by atoms with Gasteiger partial charge in [0.25, 0.3) is 0 Å². The zero-order valence-electron chi connectivity index (χ0n) is 10.7. The van der Waals surface area contributed by atoms with E-state index in [1.54, 1.807) is 10.9 Å². The fourth-order valence-electron chi connectivity index (χ4n) is 2.14. The number of carbonyl (C=O) groups is 1. The molecule has 0 aliphatic carbocycles. The van der Waals surface area contributed by atoms with Crippen molar-refractivity contribution in [2.45, 2.75) is 32.7 Å². The molecule has 6 heteroatoms. The molecule has 0 bridgehead atoms. The summed E-state index contributed by atoms with van der Waals surface area (Å²) in [7, 11) is 0. The zero-order chi connectivity index (χ0) is 13.0. The molecule has 0 unspecified atom stereocenters. The Kier molecular flexibility index (Phi) is 4.30. The Hall–Kier alpha value is -1.43. The standard InChI is InChI=1S/C12H20N4O2/c1-10-2-5-15(6-3-10)12(18)9-16-8-11(4-7-17)13-14-16/h8,10,17H,2-7,9H2,1H3. The van der Waals surface area contributed by atoms with Crippen LogP contribution in [-0.4, -0.2) is 50.6 Å². The third-order valence-electron chi connectivity index (χ3n) is 3.39. The second-order valence-electron chi connectivity index (χ2n) is 4.94. The van der Waals surface area contributed by atoms with Gasteiger partial charge in [0, 0.05) is 32.3 Å². The minimum atomic E-state index is 0.0522. The maximum absolute atomic E-state index is 12.0. The van der Waals surface area contributed by atoms with Crippen LogP contribution in [0.1, 0.15) is 25.5 Å². The lowest BCUT2D eigenvalue weighted by Crippen LogP contribution is -2.39. The molecule has 1 aromatic heterocycles. The molecule has 1 amide bonds. The molecule has 2 heterocycles. The van der Waals surface area contributed by atoms with Crippen LogP contribution in [0.5, 0.6) is 0 Å². The van der Waals surface area contributed by atoms with Crippen LogP contribution in [0.25, 0.3) is 0 Å². The zero-order valence-corrected chi connectivity index (χ0v) is 10.7. The Morgan fingerprint density at radius 3 is 2.89 bits per heavy atom. The van der Waals surface area contributed by atoms with E-state index in [9.17, 15) is 4.79 Å². The topological polar surface area (TPSA) is 71.2 Å². The summed E-state index contributed by atoms with van der Waals surface area (Å²) in [6, 6.07) is 0. The number of amides is 1. The van der Waals surface area contributed by atoms with Gasteiger partial charge in [-0.1, -0.05) is 12.1 Å². The third kappa shape index (κ3) is 3.29. The number of likely N-dealkylation sites (tertiary alicyclic amines) is 1. The first-order valence-electron chi connectivity index (χ1n) is 6.46. The molecular formula is C12H20N4O2. The van der Waals surface area contributed by atoms with E-state index in [4.69, 9.17) is 5.11 Å². The van der Waals surface area contributed by atoms with E-state index < -0.39 is 0 Å². The van der Waals surface area contributed by atoms with E-state index in [2.05, 4.69) is 17.2 Å². The van der Waals surface area contributed by atoms with Gasteiger partial charge < -0.3 is 10.0 Å². The lowest BCUT2D eigenvalue weighted by atomic mass is 9.99. The summed E-state index contributed by atoms with van der Waals surface area (Å²) in [6.07, 6.45) is 4.37. The Morgan fingerprint density at radius 2 is 2.22 bits per heavy atom. The number of hydrogen-bond donors (Lipinski definition) is 1. The molecule has 1 N–H and O–H groups in total. The SMILES string of the molecule is CC1CCN(C(=O)Cn2cc(CCO)nn2)CC1. The van der Waals surface area contributed by atoms with E-state index in [0.29, 0.717) is 6.42 Å². The minimum Gasteiger partial charge on any atom is -0.396 e. The van der Waals surface area contributed by atoms with E-state index in [1.807, 2.05) is 4.90 Å². The van der Waals surface area contributed by atoms with Gasteiger partial charge in [0.2, 0.25) is 5.91 Å². The highest BCUT2D eigenvalue weighted by Gasteiger charge is 2.20. The van der Waals surface area contributed by atoms with Crippen molar-refractivity contribution < 1.29 is 9.90 Å². The van der Waals surface area contributed by atoms with Crippen molar-refractivity contribution in [1.29, 1.82) is 0 Å². The predicted molar refractivity (Wildman–Crippen MR) is 65.8 cm³/mol. The van der Waals surface area contributed by atoms with Crippen LogP contribution >= 0.6 is 0 Å². The number of aliphatic hydroxyl groups excluding tert-OH is 1. The summed E-state index contributed by atoms with van der Waals surface area (Å²) in [5, 5.41) is 16.6. The van der Waals surface area contributed by atoms with Crippen molar-refractivity contribution >= 4 is 5.91 Å². The number of nitrogens with zero attached hydrogens (tertiary/aromatic N) is 4. The highest BCUT2D eigenvalue weighted by Crippen LogP contribution is 2.16. The molecular weight excluding hydrogens is 232 g/mol. The van der Waals surface area contributed by atoms with Crippen molar-refractivity contribution in [3.8, 4) is 0 Å². The van der Waals surface area contributed by atoms with Crippen LogP contribution in [0.15, 0.2) is 6.20 Å². The van der Waals surface area contributed by atoms with Gasteiger partial charge >= 0.3 is 0 Å². The monoisotopic (exact) mass is 252 g/mol. The molecule has 0 spiro atoms. The van der Waals surface area contributed by atoms with E-state index in [-0.39, 0.29) is 19.1 Å². The quantitative estimate of drug-likeness (QED) is 0.823. The normalized spacial score (nSPS) is 17.1. The van der Waals surface area contributed by atoms with Gasteiger partial charge in [-0.2, -0.15) is 0 Å². The molecule has 0 saturated carbocycles. The average Bonchev–Trinajstić information content (AvgIpc) is 2.78. The van der Waals surface area contributed by atoms with Crippen molar-refractivity contribution in [3.05, 3.63) is 11.9 Å². The predicted octanol–water partition coefficient (Wildman–Crippen LogP) is 0.0714. The van der Waals surface area contributed by atoms with Gasteiger partial charge in [0.15, 0.2) is 0 Å². The molecule has 0 aromatic carbocycles. The number of rotatable bonds is 4. The van der Waals surface area contributed by atoms with E-state index >= 15 is 0 Å². The van der Waals surface area contributed by atoms with Gasteiger partial charge in [-0.25, -0.2) is 4.68 Å². The lowest BCUT2D eigenvalue weighted by Gasteiger charge is -2.30. The highest BCUT2D eigenvalue weighted by atomic mass is 16.3. The fraction of sp³-hybridized carbons (Fsp3) is 0.750. The number of piperidine rings is 1. The van der Waals surface area contributed by atoms with Crippen LogP contribution in [0.3, 0.4) is 0 Å². The Labute approximate surface area is 107 Å². The van der Waals surface area contributed by atoms with Crippen LogP contribution in [-0.2, 0) is 17.8 Å². The van der Waals surface area contributed by atoms with Gasteiger partial charge in [0.1, 0.15) is 6.54 Å². The van der Waals surface area contributed by atoms with E-state index in [0.717, 1.165) is 37.5 Å². The maximum atomic E-state index is 12.0. The Morgan fingerprint density at radius 1 is 1.50 bits per heavy atom. The van der Waals surface area contributed by atoms with Crippen molar-refractivity contribution in [2.24, 2.45) is 5.92 Å². The molecule has 18 heavy (non-hydrogen) atoms. The number of carbonyl (C=O) groups excluding carboxylic acids is 1. The summed E-state index contributed by atoms with van der Waals surface area (Å²) >= 11 is 0. The summed E-state index contributed by atoms with van der Waals surface area (Å²) < 4.78 is 1.55. The molecule has 0 radical (unpaired) electrons. The average molecular weight is 252 g/mol. The highest BCUT2D eigenvalue weighted by molar-refractivity contribution is 5.75. The second-order valence-corrected chi connectivity index (χ2v) is 4.94. The second kappa shape index (κ2) is 5.95. The first kappa shape index (κ1) is 13.0. The summed E-state index contributed by atoms with van der Waals surface area (Å²) in [6.45, 7) is 4.21. The van der Waals surface area contributed by atoms with Gasteiger partial charge in [-0.05, 0) is 18.8 Å². The summed E-state index contributed by atoms with van der Waals surface area (Å²) in [5.41, 5.74) is 0.720. The largest absolute Gasteiger partial charge is 0.396 e. The lowest BCUT2D eigenvalue weighted by molar-refractivity contribution is -0.133. The molecule has 1 aromatic rings. The molecule has 1 aliphatic heterocycles. The Bertz CT molecular complexity index is 397. The van der Waals surface area contributed by atoms with Gasteiger partial charge in [-0.15, -0.1) is 5.10 Å². The van der Waals surface area contributed by atoms with Crippen LogP contribution in [0, 0.1) is 5.92 Å². The van der Waals surface area contributed by atoms with Crippen molar-refractivity contribution in [1.82, 2.24) is 19.9 Å². The van der Waals surface area contributed by atoms with Gasteiger partial charge in [-0.3, -0.25) is 4.79 Å². The molecule has 1 aliphatic rings. The summed E-state index contributed by atoms with van der Waals surface area (Å²) in [5.74, 6) is 0.818. The molecule has 0 atom stereocenters. The maximum Gasteiger partial charge on any atom is 0.244 e. The van der Waals surface area contributed by atoms with Crippen LogP contribution < -0.4 is 0 Å². The van der Waals surface area contributed by atoms with Crippen molar-refractivity contribution in [2.75, 3.05) is 19.7 Å². The Balaban J connectivity index is 1.86. The molecule has 6 nitrogen and oxygen atoms in total. The first-order valence-corrected chi connectivity index (χ1v) is 6.46. The molecule has 2 rings (SSSR count). The third-order valence-corrected chi connectivity index (χ3v) is 3.39. The minimum absolute atomic E-state index is 0.0522. The summed E-state index contributed by atoms with van der Waals surface area (Å²) in [4.78, 5) is 13.9. The smallest absolute Gasteiger partial charge is 0.244 e. The van der Waals surface area contributed by atoms with Crippen LogP contribution in [0.2, 0.25) is 0 Å². The molecule has 1 fully saturated rings. The fourth-order valence-corrected chi connectivity index (χ4v) is 2.14.